The van der Waals surface area contributed by atoms with E-state index in [4.69, 9.17) is 29.2 Å². The summed E-state index contributed by atoms with van der Waals surface area (Å²) >= 11 is -0.862. The maximum absolute atomic E-state index is 5.13. The van der Waals surface area contributed by atoms with Gasteiger partial charge in [0.25, 0.3) is 0 Å². The molecule has 0 spiro atoms. The molecule has 0 aliphatic heterocycles. The summed E-state index contributed by atoms with van der Waals surface area (Å²) in [4.78, 5) is 0. The van der Waals surface area contributed by atoms with Crippen LogP contribution in [0.1, 0.15) is 0 Å². The average molecular weight is 250 g/mol. The Morgan fingerprint density at radius 1 is 1.22 bits per heavy atom. The normalized spacial score (nSPS) is 13.1. The third-order valence-electron chi connectivity index (χ3n) is 0.282. The quantitative estimate of drug-likeness (QED) is 0.126. The Morgan fingerprint density at radius 3 is 1.78 bits per heavy atom. The summed E-state index contributed by atoms with van der Waals surface area (Å²) in [5.74, 6) is 25.3. The van der Waals surface area contributed by atoms with Gasteiger partial charge in [-0.1, -0.05) is 0 Å². The first kappa shape index (κ1) is 9.41. The summed E-state index contributed by atoms with van der Waals surface area (Å²) in [6.45, 7) is 0. The molecule has 0 heterocycles. The monoisotopic (exact) mass is 250 g/mol. The molecule has 0 amide bonds. The van der Waals surface area contributed by atoms with Crippen LogP contribution in [-0.4, -0.2) is 8.25 Å². The van der Waals surface area contributed by atoms with E-state index >= 15 is 0 Å². The zero-order valence-electron chi connectivity index (χ0n) is 4.66. The Hall–Kier alpha value is 0.410. The van der Waals surface area contributed by atoms with Crippen LogP contribution in [0.5, 0.6) is 0 Å². The third-order valence-corrected chi connectivity index (χ3v) is 1.89. The molecule has 0 unspecified atom stereocenters. The molecule has 0 aromatic carbocycles. The molecule has 0 aromatic heterocycles. The van der Waals surface area contributed by atoms with Crippen molar-refractivity contribution in [2.75, 3.05) is 0 Å². The van der Waals surface area contributed by atoms with Crippen LogP contribution >= 0.6 is 0 Å². The molecule has 0 aromatic rings. The molecule has 0 aliphatic rings. The van der Waals surface area contributed by atoms with Crippen LogP contribution in [0.4, 0.5) is 0 Å². The van der Waals surface area contributed by atoms with E-state index in [1.54, 1.807) is 0 Å². The molecule has 11 N–H and O–H groups in total. The van der Waals surface area contributed by atoms with Gasteiger partial charge >= 0.3 is 62.9 Å². The number of hydrazine groups is 3. The second-order valence-corrected chi connectivity index (χ2v) is 3.95. The Balaban J connectivity index is 3.28. The van der Waals surface area contributed by atoms with Gasteiger partial charge in [0.2, 0.25) is 0 Å². The standard InChI is InChI=1S/H11IN8/c2-8(3)7-1-9(4,5)6/h7H,2-6H2. The summed E-state index contributed by atoms with van der Waals surface area (Å²) in [6, 6.07) is 0. The number of rotatable bonds is 3. The predicted octanol–water partition coefficient (Wildman–Crippen LogP) is -7.10. The minimum absolute atomic E-state index is 0.607. The first-order chi connectivity index (χ1) is 3.92. The average Bonchev–Trinajstić information content (AvgIpc) is 1.59. The molecule has 0 saturated heterocycles. The topological polar surface area (TPSA) is 145 Å². The van der Waals surface area contributed by atoms with E-state index in [0.29, 0.717) is 0 Å². The molecule has 8 nitrogen and oxygen atoms in total. The fourth-order valence-electron chi connectivity index (χ4n) is 0.109. The molecule has 9 heteroatoms. The van der Waals surface area contributed by atoms with Crippen molar-refractivity contribution in [1.29, 1.82) is 0 Å². The van der Waals surface area contributed by atoms with Crippen molar-refractivity contribution in [3.63, 3.8) is 0 Å². The molecule has 9 heavy (non-hydrogen) atoms. The molecule has 0 bridgehead atoms. The number of hydrogen-bond acceptors (Lipinski definition) is 7. The van der Waals surface area contributed by atoms with E-state index in [-0.39, 0.29) is 0 Å². The number of nitrogens with one attached hydrogen (secondary N) is 1. The summed E-state index contributed by atoms with van der Waals surface area (Å²) < 4.78 is 1.87. The predicted molar refractivity (Wildman–Crippen MR) is 26.2 cm³/mol. The van der Waals surface area contributed by atoms with Crippen molar-refractivity contribution in [1.82, 2.24) is 8.87 Å². The van der Waals surface area contributed by atoms with Gasteiger partial charge < -0.3 is 0 Å². The van der Waals surface area contributed by atoms with Gasteiger partial charge in [0, 0.05) is 0 Å². The Kier molecular flexibility index (Phi) is 3.71. The SMILES string of the molecule is NN(N)N[I-][N+](N)(N)N. The second-order valence-electron chi connectivity index (χ2n) is 1.32. The van der Waals surface area contributed by atoms with Crippen molar-refractivity contribution in [2.45, 2.75) is 0 Å². The van der Waals surface area contributed by atoms with Gasteiger partial charge in [0.05, 0.1) is 0 Å². The molecule has 0 saturated carbocycles. The van der Waals surface area contributed by atoms with E-state index < -0.39 is 24.8 Å². The number of hydrogen-bond donors (Lipinski definition) is 6. The Labute approximate surface area is 63.3 Å². The maximum atomic E-state index is 5.13. The molecular weight excluding hydrogens is 239 g/mol. The Morgan fingerprint density at radius 2 is 1.67 bits per heavy atom. The molecule has 0 fully saturated rings. The van der Waals surface area contributed by atoms with Gasteiger partial charge in [0.15, 0.2) is 0 Å². The van der Waals surface area contributed by atoms with Gasteiger partial charge in [-0.15, -0.1) is 0 Å². The van der Waals surface area contributed by atoms with E-state index in [9.17, 15) is 0 Å². The second kappa shape index (κ2) is 3.55. The van der Waals surface area contributed by atoms with Gasteiger partial charge in [-0.2, -0.15) is 0 Å². The number of halogens is 1. The zero-order valence-corrected chi connectivity index (χ0v) is 6.82. The van der Waals surface area contributed by atoms with Crippen LogP contribution < -0.4 is 54.6 Å². The van der Waals surface area contributed by atoms with Crippen molar-refractivity contribution >= 4 is 0 Å². The van der Waals surface area contributed by atoms with Crippen LogP contribution in [0.15, 0.2) is 0 Å². The third kappa shape index (κ3) is 8.41. The number of quaternary nitrogens is 1. The molecule has 0 atom stereocenters. The Bertz CT molecular complexity index is 69.1. The van der Waals surface area contributed by atoms with E-state index in [1.165, 1.54) is 0 Å². The molecule has 0 rings (SSSR count). The molecule has 0 radical (unpaired) electrons. The molecule has 0 aliphatic carbocycles. The van der Waals surface area contributed by atoms with Crippen LogP contribution in [-0.2, 0) is 0 Å². The number of nitrogens with zero attached hydrogens (tertiary/aromatic N) is 2. The van der Waals surface area contributed by atoms with Crippen LogP contribution in [0.2, 0.25) is 0 Å². The fraction of sp³-hybridized carbons (Fsp3) is 0. The van der Waals surface area contributed by atoms with Crippen LogP contribution in [0.25, 0.3) is 0 Å². The van der Waals surface area contributed by atoms with E-state index in [2.05, 4.69) is 3.64 Å². The summed E-state index contributed by atoms with van der Waals surface area (Å²) in [6.07, 6.45) is 0. The molecule has 58 valence electrons. The van der Waals surface area contributed by atoms with Crippen molar-refractivity contribution in [2.24, 2.45) is 29.2 Å². The van der Waals surface area contributed by atoms with Gasteiger partial charge in [-0.25, -0.2) is 0 Å². The molecular formula is H11IN8. The van der Waals surface area contributed by atoms with Gasteiger partial charge in [-0.05, 0) is 0 Å². The van der Waals surface area contributed by atoms with Gasteiger partial charge in [0.1, 0.15) is 0 Å². The van der Waals surface area contributed by atoms with Crippen molar-refractivity contribution in [3.05, 3.63) is 0 Å². The van der Waals surface area contributed by atoms with Crippen molar-refractivity contribution < 1.29 is 24.8 Å². The van der Waals surface area contributed by atoms with E-state index in [1.807, 2.05) is 0 Å². The van der Waals surface area contributed by atoms with Crippen molar-refractivity contribution in [3.8, 4) is 0 Å². The minimum atomic E-state index is -0.862. The first-order valence-electron chi connectivity index (χ1n) is 1.87. The van der Waals surface area contributed by atoms with E-state index in [0.717, 1.165) is 5.23 Å². The summed E-state index contributed by atoms with van der Waals surface area (Å²) in [5, 5.41) is 0.771. The summed E-state index contributed by atoms with van der Waals surface area (Å²) in [5.41, 5.74) is 0. The first-order valence-corrected chi connectivity index (χ1v) is 3.92. The fourth-order valence-corrected chi connectivity index (χ4v) is 0.732. The number of nitrogens with two attached hydrogens (primary N) is 5. The summed E-state index contributed by atoms with van der Waals surface area (Å²) in [7, 11) is 0. The van der Waals surface area contributed by atoms with Crippen LogP contribution in [0.3, 0.4) is 0 Å². The van der Waals surface area contributed by atoms with Crippen LogP contribution in [0, 0.1) is 0 Å². The zero-order chi connectivity index (χ0) is 7.49. The van der Waals surface area contributed by atoms with Gasteiger partial charge in [-0.3, -0.25) is 0 Å².